The Morgan fingerprint density at radius 2 is 2.09 bits per heavy atom. The van der Waals surface area contributed by atoms with Gasteiger partial charge >= 0.3 is 6.18 Å². The van der Waals surface area contributed by atoms with Crippen LogP contribution in [-0.4, -0.2) is 63.7 Å². The van der Waals surface area contributed by atoms with Gasteiger partial charge in [0, 0.05) is 0 Å². The number of ether oxygens (including phenoxy) is 2. The summed E-state index contributed by atoms with van der Waals surface area (Å²) in [6.45, 7) is -0.698. The van der Waals surface area contributed by atoms with E-state index in [-0.39, 0.29) is 12.4 Å². The molecule has 1 aromatic heterocycles. The molecule has 0 unspecified atom stereocenters. The van der Waals surface area contributed by atoms with Crippen LogP contribution < -0.4 is 5.32 Å². The molecule has 5 atom stereocenters. The zero-order chi connectivity index (χ0) is 16.8. The van der Waals surface area contributed by atoms with Gasteiger partial charge in [-0.15, -0.1) is 0 Å². The molecule has 2 fully saturated rings. The summed E-state index contributed by atoms with van der Waals surface area (Å²) in [6, 6.07) is 2.23. The minimum atomic E-state index is -4.60. The summed E-state index contributed by atoms with van der Waals surface area (Å²) in [6.07, 6.45) is -8.51. The van der Waals surface area contributed by atoms with Gasteiger partial charge in [0.2, 0.25) is 0 Å². The lowest BCUT2D eigenvalue weighted by Crippen LogP contribution is -2.64. The summed E-state index contributed by atoms with van der Waals surface area (Å²) in [7, 11) is 0. The Morgan fingerprint density at radius 1 is 1.35 bits per heavy atom. The van der Waals surface area contributed by atoms with Gasteiger partial charge in [-0.1, -0.05) is 6.07 Å². The fraction of sp³-hybridized carbons (Fsp3) is 0.615. The standard InChI is InChI=1S/C13H15F3N2O5/c14-13(15,16)6-2-1-3-7(17-6)18-8-9(20)10(21)12(4-19)5-22-11(8)23-12/h1-3,8-11,19-21H,4-5H2,(H,17,18)/t8-,9-,10-,11+,12+/m1/s1. The molecule has 2 bridgehead atoms. The topological polar surface area (TPSA) is 104 Å². The molecule has 0 radical (unpaired) electrons. The second kappa shape index (κ2) is 5.56. The van der Waals surface area contributed by atoms with Crippen molar-refractivity contribution in [1.82, 2.24) is 4.98 Å². The number of nitrogens with zero attached hydrogens (tertiary/aromatic N) is 1. The molecule has 3 heterocycles. The zero-order valence-electron chi connectivity index (χ0n) is 11.7. The Kier molecular flexibility index (Phi) is 3.97. The third kappa shape index (κ3) is 2.76. The van der Waals surface area contributed by atoms with Crippen LogP contribution in [0.1, 0.15) is 5.69 Å². The van der Waals surface area contributed by atoms with Crippen LogP contribution in [0.4, 0.5) is 19.0 Å². The smallest absolute Gasteiger partial charge is 0.393 e. The Bertz CT molecular complexity index is 587. The van der Waals surface area contributed by atoms with E-state index >= 15 is 0 Å². The molecule has 1 aromatic rings. The molecule has 4 N–H and O–H groups in total. The number of anilines is 1. The molecular weight excluding hydrogens is 321 g/mol. The number of hydrogen-bond acceptors (Lipinski definition) is 7. The second-order valence-electron chi connectivity index (χ2n) is 5.53. The molecule has 0 spiro atoms. The van der Waals surface area contributed by atoms with E-state index in [1.807, 2.05) is 0 Å². The van der Waals surface area contributed by atoms with Gasteiger partial charge in [0.05, 0.1) is 13.2 Å². The lowest BCUT2D eigenvalue weighted by atomic mass is 9.88. The molecule has 2 aliphatic rings. The highest BCUT2D eigenvalue weighted by Gasteiger charge is 2.59. The number of rotatable bonds is 3. The average molecular weight is 336 g/mol. The molecule has 0 amide bonds. The fourth-order valence-electron chi connectivity index (χ4n) is 2.70. The van der Waals surface area contributed by atoms with Gasteiger partial charge in [-0.3, -0.25) is 0 Å². The minimum absolute atomic E-state index is 0.138. The Hall–Kier alpha value is -1.46. The summed E-state index contributed by atoms with van der Waals surface area (Å²) in [5, 5.41) is 32.2. The lowest BCUT2D eigenvalue weighted by molar-refractivity contribution is -0.224. The van der Waals surface area contributed by atoms with Crippen LogP contribution in [-0.2, 0) is 15.7 Å². The number of nitrogens with one attached hydrogen (secondary N) is 1. The fourth-order valence-corrected chi connectivity index (χ4v) is 2.70. The summed E-state index contributed by atoms with van der Waals surface area (Å²) in [4.78, 5) is 3.43. The first-order valence-electron chi connectivity index (χ1n) is 6.84. The van der Waals surface area contributed by atoms with Gasteiger partial charge in [0.1, 0.15) is 35.4 Å². The largest absolute Gasteiger partial charge is 0.433 e. The van der Waals surface area contributed by atoms with Gasteiger partial charge < -0.3 is 30.1 Å². The van der Waals surface area contributed by atoms with Crippen LogP contribution in [0.2, 0.25) is 0 Å². The van der Waals surface area contributed by atoms with Crippen molar-refractivity contribution in [2.45, 2.75) is 36.3 Å². The summed E-state index contributed by atoms with van der Waals surface area (Å²) < 4.78 is 48.7. The van der Waals surface area contributed by atoms with Gasteiger partial charge in [-0.2, -0.15) is 13.2 Å². The molecule has 0 aromatic carbocycles. The van der Waals surface area contributed by atoms with Crippen molar-refractivity contribution in [1.29, 1.82) is 0 Å². The van der Waals surface area contributed by atoms with E-state index in [0.717, 1.165) is 12.1 Å². The molecule has 10 heteroatoms. The molecule has 3 rings (SSSR count). The molecule has 7 nitrogen and oxygen atoms in total. The van der Waals surface area contributed by atoms with Crippen molar-refractivity contribution in [3.63, 3.8) is 0 Å². The molecule has 0 aliphatic carbocycles. The maximum absolute atomic E-state index is 12.7. The highest BCUT2D eigenvalue weighted by atomic mass is 19.4. The highest BCUT2D eigenvalue weighted by molar-refractivity contribution is 5.38. The molecular formula is C13H15F3N2O5. The van der Waals surface area contributed by atoms with Crippen LogP contribution in [0, 0.1) is 0 Å². The maximum Gasteiger partial charge on any atom is 0.433 e. The predicted octanol–water partition coefficient (Wildman–Crippen LogP) is -0.280. The molecule has 2 saturated heterocycles. The Morgan fingerprint density at radius 3 is 2.74 bits per heavy atom. The highest BCUT2D eigenvalue weighted by Crippen LogP contribution is 2.37. The van der Waals surface area contributed by atoms with E-state index in [1.54, 1.807) is 0 Å². The summed E-state index contributed by atoms with van der Waals surface area (Å²) in [5.41, 5.74) is -2.52. The average Bonchev–Trinajstić information content (AvgIpc) is 2.92. The van der Waals surface area contributed by atoms with Gasteiger partial charge in [-0.05, 0) is 12.1 Å². The summed E-state index contributed by atoms with van der Waals surface area (Å²) >= 11 is 0. The van der Waals surface area contributed by atoms with E-state index in [9.17, 15) is 28.5 Å². The van der Waals surface area contributed by atoms with E-state index < -0.39 is 48.6 Å². The number of fused-ring (bicyclic) bond motifs is 2. The number of hydrogen-bond donors (Lipinski definition) is 4. The van der Waals surface area contributed by atoms with Crippen LogP contribution in [0.15, 0.2) is 18.2 Å². The number of halogens is 3. The third-order valence-corrected chi connectivity index (χ3v) is 3.99. The number of alkyl halides is 3. The lowest BCUT2D eigenvalue weighted by Gasteiger charge is -2.42. The van der Waals surface area contributed by atoms with Crippen molar-refractivity contribution >= 4 is 5.82 Å². The van der Waals surface area contributed by atoms with Crippen molar-refractivity contribution in [2.75, 3.05) is 18.5 Å². The van der Waals surface area contributed by atoms with E-state index in [4.69, 9.17) is 9.47 Å². The van der Waals surface area contributed by atoms with Gasteiger partial charge in [0.15, 0.2) is 6.29 Å². The molecule has 2 aliphatic heterocycles. The first-order chi connectivity index (χ1) is 10.8. The molecule has 23 heavy (non-hydrogen) atoms. The molecule has 0 saturated carbocycles. The maximum atomic E-state index is 12.7. The van der Waals surface area contributed by atoms with Crippen molar-refractivity contribution in [2.24, 2.45) is 0 Å². The number of aliphatic hydroxyl groups excluding tert-OH is 3. The zero-order valence-corrected chi connectivity index (χ0v) is 11.7. The van der Waals surface area contributed by atoms with Crippen molar-refractivity contribution < 1.29 is 38.0 Å². The quantitative estimate of drug-likeness (QED) is 0.602. The summed E-state index contributed by atoms with van der Waals surface area (Å²) in [5.74, 6) is -0.147. The molecule has 128 valence electrons. The van der Waals surface area contributed by atoms with Crippen LogP contribution in [0.3, 0.4) is 0 Å². The van der Waals surface area contributed by atoms with Crippen LogP contribution in [0.5, 0.6) is 0 Å². The van der Waals surface area contributed by atoms with E-state index in [0.29, 0.717) is 0 Å². The van der Waals surface area contributed by atoms with Crippen molar-refractivity contribution in [3.8, 4) is 0 Å². The van der Waals surface area contributed by atoms with Gasteiger partial charge in [0.25, 0.3) is 0 Å². The van der Waals surface area contributed by atoms with E-state index in [1.165, 1.54) is 6.07 Å². The SMILES string of the molecule is OC[C@@]12CO[C@@H](O1)[C@H](Nc1cccc(C(F)(F)F)n1)[C@@H](O)[C@H]2O. The second-order valence-corrected chi connectivity index (χ2v) is 5.53. The Labute approximate surface area is 128 Å². The van der Waals surface area contributed by atoms with E-state index in [2.05, 4.69) is 10.3 Å². The normalized spacial score (nSPS) is 37.0. The number of aromatic nitrogens is 1. The van der Waals surface area contributed by atoms with Gasteiger partial charge in [-0.25, -0.2) is 4.98 Å². The monoisotopic (exact) mass is 336 g/mol. The first kappa shape index (κ1) is 16.4. The van der Waals surface area contributed by atoms with Crippen LogP contribution >= 0.6 is 0 Å². The Balaban J connectivity index is 1.81. The number of pyridine rings is 1. The first-order valence-corrected chi connectivity index (χ1v) is 6.84. The predicted molar refractivity (Wildman–Crippen MR) is 69.3 cm³/mol. The number of aliphatic hydroxyl groups is 3. The van der Waals surface area contributed by atoms with Crippen LogP contribution in [0.25, 0.3) is 0 Å². The third-order valence-electron chi connectivity index (χ3n) is 3.99. The van der Waals surface area contributed by atoms with Crippen molar-refractivity contribution in [3.05, 3.63) is 23.9 Å². The minimum Gasteiger partial charge on any atom is -0.393 e.